The van der Waals surface area contributed by atoms with Crippen LogP contribution < -0.4 is 5.32 Å². The highest BCUT2D eigenvalue weighted by molar-refractivity contribution is 5.65. The van der Waals surface area contributed by atoms with Crippen LogP contribution in [0, 0.1) is 0 Å². The Morgan fingerprint density at radius 1 is 0.483 bits per heavy atom. The maximum atomic E-state index is 3.73. The van der Waals surface area contributed by atoms with Crippen LogP contribution >= 0.6 is 0 Å². The molecule has 0 spiro atoms. The van der Waals surface area contributed by atoms with Crippen molar-refractivity contribution < 1.29 is 0 Å². The first-order valence-corrected chi connectivity index (χ1v) is 11.4. The highest BCUT2D eigenvalue weighted by atomic mass is 14.9. The maximum absolute atomic E-state index is 3.73. The van der Waals surface area contributed by atoms with Crippen LogP contribution in [-0.2, 0) is 21.7 Å². The summed E-state index contributed by atoms with van der Waals surface area (Å²) in [6.07, 6.45) is 5.02. The van der Waals surface area contributed by atoms with E-state index in [-0.39, 0.29) is 21.7 Å². The molecular weight excluding hydrogens is 350 g/mol. The van der Waals surface area contributed by atoms with E-state index in [1.54, 1.807) is 0 Å². The van der Waals surface area contributed by atoms with Gasteiger partial charge >= 0.3 is 0 Å². The molecule has 0 amide bonds. The molecule has 29 heavy (non-hydrogen) atoms. The Morgan fingerprint density at radius 2 is 0.793 bits per heavy atom. The van der Waals surface area contributed by atoms with Gasteiger partial charge in [-0.2, -0.15) is 0 Å². The second-order valence-electron chi connectivity index (χ2n) is 12.2. The van der Waals surface area contributed by atoms with Gasteiger partial charge in [0.05, 0.1) is 0 Å². The molecule has 0 bridgehead atoms. The summed E-state index contributed by atoms with van der Waals surface area (Å²) >= 11 is 0. The van der Waals surface area contributed by atoms with Crippen molar-refractivity contribution in [3.05, 3.63) is 58.7 Å². The lowest BCUT2D eigenvalue weighted by atomic mass is 9.63. The van der Waals surface area contributed by atoms with Crippen molar-refractivity contribution in [3.8, 4) is 0 Å². The van der Waals surface area contributed by atoms with Gasteiger partial charge in [0.15, 0.2) is 0 Å². The quantitative estimate of drug-likeness (QED) is 0.546. The Hall–Kier alpha value is -1.76. The molecule has 0 radical (unpaired) electrons. The number of anilines is 2. The van der Waals surface area contributed by atoms with Gasteiger partial charge in [-0.15, -0.1) is 0 Å². The van der Waals surface area contributed by atoms with E-state index >= 15 is 0 Å². The molecule has 0 saturated heterocycles. The highest BCUT2D eigenvalue weighted by Crippen LogP contribution is 2.48. The predicted molar refractivity (Wildman–Crippen MR) is 127 cm³/mol. The summed E-state index contributed by atoms with van der Waals surface area (Å²) < 4.78 is 0. The molecule has 0 fully saturated rings. The molecule has 156 valence electrons. The van der Waals surface area contributed by atoms with Gasteiger partial charge in [-0.05, 0) is 93.9 Å². The molecule has 1 heteroatoms. The summed E-state index contributed by atoms with van der Waals surface area (Å²) in [5, 5.41) is 3.73. The molecule has 0 unspecified atom stereocenters. The predicted octanol–water partition coefficient (Wildman–Crippen LogP) is 8.13. The fraction of sp³-hybridized carbons (Fsp3) is 0.571. The Labute approximate surface area is 178 Å². The Kier molecular flexibility index (Phi) is 4.50. The Morgan fingerprint density at radius 3 is 1.14 bits per heavy atom. The summed E-state index contributed by atoms with van der Waals surface area (Å²) in [5.41, 5.74) is 9.51. The first-order chi connectivity index (χ1) is 13.3. The van der Waals surface area contributed by atoms with Crippen LogP contribution in [0.15, 0.2) is 36.4 Å². The van der Waals surface area contributed by atoms with Gasteiger partial charge in [0, 0.05) is 11.4 Å². The highest BCUT2D eigenvalue weighted by Gasteiger charge is 2.38. The van der Waals surface area contributed by atoms with Crippen LogP contribution in [0.3, 0.4) is 0 Å². The average molecular weight is 390 g/mol. The van der Waals surface area contributed by atoms with E-state index in [0.29, 0.717) is 0 Å². The topological polar surface area (TPSA) is 12.0 Å². The third-order valence-corrected chi connectivity index (χ3v) is 7.99. The van der Waals surface area contributed by atoms with Gasteiger partial charge in [0.2, 0.25) is 0 Å². The van der Waals surface area contributed by atoms with Crippen LogP contribution in [-0.4, -0.2) is 0 Å². The number of hydrogen-bond acceptors (Lipinski definition) is 1. The van der Waals surface area contributed by atoms with Crippen molar-refractivity contribution in [2.45, 2.75) is 103 Å². The number of hydrogen-bond donors (Lipinski definition) is 1. The Bertz CT molecular complexity index is 865. The average Bonchev–Trinajstić information content (AvgIpc) is 2.63. The van der Waals surface area contributed by atoms with Gasteiger partial charge in [-0.25, -0.2) is 0 Å². The molecule has 0 atom stereocenters. The third kappa shape index (κ3) is 3.51. The zero-order valence-electron chi connectivity index (χ0n) is 19.8. The second-order valence-corrected chi connectivity index (χ2v) is 12.2. The van der Waals surface area contributed by atoms with Crippen LogP contribution in [0.4, 0.5) is 11.4 Å². The second kappa shape index (κ2) is 6.37. The number of fused-ring (bicyclic) bond motifs is 2. The molecule has 2 aromatic carbocycles. The fourth-order valence-corrected chi connectivity index (χ4v) is 5.50. The lowest BCUT2D eigenvalue weighted by Crippen LogP contribution is -2.34. The van der Waals surface area contributed by atoms with E-state index in [1.165, 1.54) is 59.3 Å². The van der Waals surface area contributed by atoms with Crippen molar-refractivity contribution in [2.75, 3.05) is 5.32 Å². The largest absolute Gasteiger partial charge is 0.356 e. The Balaban J connectivity index is 1.71. The van der Waals surface area contributed by atoms with Crippen LogP contribution in [0.1, 0.15) is 103 Å². The van der Waals surface area contributed by atoms with Crippen LogP contribution in [0.25, 0.3) is 0 Å². The lowest BCUT2D eigenvalue weighted by molar-refractivity contribution is 0.332. The summed E-state index contributed by atoms with van der Waals surface area (Å²) in [7, 11) is 0. The monoisotopic (exact) mass is 389 g/mol. The smallest absolute Gasteiger partial charge is 0.0387 e. The molecule has 2 aliphatic carbocycles. The van der Waals surface area contributed by atoms with Gasteiger partial charge < -0.3 is 5.32 Å². The molecular formula is C28H39N. The van der Waals surface area contributed by atoms with Crippen molar-refractivity contribution in [1.82, 2.24) is 0 Å². The van der Waals surface area contributed by atoms with E-state index in [0.717, 1.165) is 0 Å². The van der Waals surface area contributed by atoms with Gasteiger partial charge in [-0.1, -0.05) is 67.5 Å². The molecule has 2 aliphatic rings. The standard InChI is InChI=1S/C28H39N/c1-25(2)13-15-27(5,6)23-17-19(9-11-21(23)25)29-20-10-12-22-24(18-20)28(7,8)16-14-26(22,3)4/h9-12,17-18,29H,13-16H2,1-8H3. The molecule has 0 aliphatic heterocycles. The minimum absolute atomic E-state index is 0.240. The third-order valence-electron chi connectivity index (χ3n) is 7.99. The SMILES string of the molecule is CC1(C)CCC(C)(C)c2cc(Nc3ccc4c(c3)C(C)(C)CCC4(C)C)ccc21. The molecule has 0 saturated carbocycles. The molecule has 1 N–H and O–H groups in total. The summed E-state index contributed by atoms with van der Waals surface area (Å²) in [6.45, 7) is 19.2. The summed E-state index contributed by atoms with van der Waals surface area (Å²) in [6, 6.07) is 14.1. The van der Waals surface area contributed by atoms with Crippen molar-refractivity contribution in [2.24, 2.45) is 0 Å². The minimum Gasteiger partial charge on any atom is -0.356 e. The van der Waals surface area contributed by atoms with Crippen molar-refractivity contribution >= 4 is 11.4 Å². The van der Waals surface area contributed by atoms with Crippen LogP contribution in [0.2, 0.25) is 0 Å². The molecule has 0 heterocycles. The normalized spacial score (nSPS) is 23.0. The fourth-order valence-electron chi connectivity index (χ4n) is 5.50. The van der Waals surface area contributed by atoms with Crippen molar-refractivity contribution in [3.63, 3.8) is 0 Å². The van der Waals surface area contributed by atoms with Crippen molar-refractivity contribution in [1.29, 1.82) is 0 Å². The zero-order chi connectivity index (χ0) is 21.2. The summed E-state index contributed by atoms with van der Waals surface area (Å²) in [4.78, 5) is 0. The summed E-state index contributed by atoms with van der Waals surface area (Å²) in [5.74, 6) is 0. The zero-order valence-corrected chi connectivity index (χ0v) is 19.8. The first-order valence-electron chi connectivity index (χ1n) is 11.4. The number of rotatable bonds is 2. The first kappa shape index (κ1) is 20.5. The molecule has 2 aromatic rings. The van der Waals surface area contributed by atoms with Gasteiger partial charge in [0.1, 0.15) is 0 Å². The molecule has 1 nitrogen and oxygen atoms in total. The van der Waals surface area contributed by atoms with E-state index in [4.69, 9.17) is 0 Å². The molecule has 4 rings (SSSR count). The maximum Gasteiger partial charge on any atom is 0.0387 e. The van der Waals surface area contributed by atoms with E-state index in [1.807, 2.05) is 0 Å². The number of nitrogens with one attached hydrogen (secondary N) is 1. The van der Waals surface area contributed by atoms with Gasteiger partial charge in [0.25, 0.3) is 0 Å². The van der Waals surface area contributed by atoms with E-state index < -0.39 is 0 Å². The van der Waals surface area contributed by atoms with Gasteiger partial charge in [-0.3, -0.25) is 0 Å². The number of benzene rings is 2. The van der Waals surface area contributed by atoms with Crippen LogP contribution in [0.5, 0.6) is 0 Å². The van der Waals surface area contributed by atoms with E-state index in [9.17, 15) is 0 Å². The minimum atomic E-state index is 0.240. The molecule has 0 aromatic heterocycles. The lowest BCUT2D eigenvalue weighted by Gasteiger charge is -2.42. The van der Waals surface area contributed by atoms with E-state index in [2.05, 4.69) is 97.1 Å².